The number of rotatable bonds is 2. The molecule has 2 fully saturated rings. The predicted octanol–water partition coefficient (Wildman–Crippen LogP) is -0.00110. The van der Waals surface area contributed by atoms with E-state index < -0.39 is 29.7 Å². The number of nitrogens with two attached hydrogens (primary N) is 1. The number of benzene rings is 2. The van der Waals surface area contributed by atoms with E-state index in [0.717, 1.165) is 16.0 Å². The van der Waals surface area contributed by atoms with Gasteiger partial charge in [-0.25, -0.2) is 4.90 Å². The van der Waals surface area contributed by atoms with Crippen LogP contribution in [0, 0.1) is 11.8 Å². The molecule has 4 heterocycles. The van der Waals surface area contributed by atoms with Gasteiger partial charge in [-0.05, 0) is 23.8 Å². The quantitative estimate of drug-likeness (QED) is 0.686. The van der Waals surface area contributed by atoms with E-state index in [0.29, 0.717) is 17.2 Å². The molecule has 3 amide bonds. The SMILES string of the molecule is NC(=O)[C@H]1[C@H]2C(=O)N(c3ccc4c(c3)OCO4)C(=O)[C@@H]2[C@H]2c3ccccc3C=C[NH+]21. The number of quaternary nitrogens is 1. The van der Waals surface area contributed by atoms with E-state index in [1.807, 2.05) is 36.5 Å². The minimum atomic E-state index is -0.809. The molecule has 4 aliphatic rings. The molecule has 4 aliphatic heterocycles. The molecule has 0 aliphatic carbocycles. The fourth-order valence-corrected chi connectivity index (χ4v) is 5.35. The number of nitrogens with zero attached hydrogens (tertiary/aromatic N) is 1. The molecular formula is C22H18N3O5+. The van der Waals surface area contributed by atoms with Crippen molar-refractivity contribution in [3.05, 3.63) is 59.8 Å². The average molecular weight is 404 g/mol. The average Bonchev–Trinajstić information content (AvgIpc) is 3.41. The van der Waals surface area contributed by atoms with Crippen molar-refractivity contribution in [3.8, 4) is 11.5 Å². The minimum absolute atomic E-state index is 0.0964. The van der Waals surface area contributed by atoms with Gasteiger partial charge in [0, 0.05) is 11.6 Å². The lowest BCUT2D eigenvalue weighted by molar-refractivity contribution is -0.884. The number of hydrogen-bond acceptors (Lipinski definition) is 5. The first kappa shape index (κ1) is 17.2. The standard InChI is InChI=1S/C22H17N3O5/c23-20(26)19-17-16(18-13-4-2-1-3-11(13)7-8-24(18)19)21(27)25(22(17)28)12-5-6-14-15(9-12)30-10-29-14/h1-9,16-19H,10H2,(H2,23,26)/p+1/t16-,17-,18+,19+/m0/s1. The Balaban J connectivity index is 1.47. The summed E-state index contributed by atoms with van der Waals surface area (Å²) >= 11 is 0. The van der Waals surface area contributed by atoms with E-state index in [9.17, 15) is 14.4 Å². The van der Waals surface area contributed by atoms with Crippen LogP contribution < -0.4 is 25.0 Å². The van der Waals surface area contributed by atoms with Gasteiger partial charge >= 0.3 is 0 Å². The van der Waals surface area contributed by atoms with Crippen molar-refractivity contribution in [1.29, 1.82) is 0 Å². The first-order valence-electron chi connectivity index (χ1n) is 9.77. The van der Waals surface area contributed by atoms with Gasteiger partial charge < -0.3 is 15.2 Å². The van der Waals surface area contributed by atoms with Crippen molar-refractivity contribution >= 4 is 29.5 Å². The number of ether oxygens (including phenoxy) is 2. The molecule has 3 N–H and O–H groups in total. The van der Waals surface area contributed by atoms with Crippen molar-refractivity contribution in [1.82, 2.24) is 0 Å². The number of fused-ring (bicyclic) bond motifs is 6. The molecule has 8 nitrogen and oxygen atoms in total. The molecule has 0 saturated carbocycles. The van der Waals surface area contributed by atoms with Gasteiger partial charge in [0.05, 0.1) is 11.9 Å². The number of hydrogen-bond donors (Lipinski definition) is 2. The highest BCUT2D eigenvalue weighted by Crippen LogP contribution is 2.45. The van der Waals surface area contributed by atoms with E-state index in [1.54, 1.807) is 18.2 Å². The number of nitrogens with one attached hydrogen (secondary N) is 1. The van der Waals surface area contributed by atoms with Crippen LogP contribution in [0.3, 0.4) is 0 Å². The van der Waals surface area contributed by atoms with Crippen molar-refractivity contribution in [2.75, 3.05) is 11.7 Å². The maximum atomic E-state index is 13.6. The van der Waals surface area contributed by atoms with Crippen molar-refractivity contribution in [2.24, 2.45) is 17.6 Å². The number of imide groups is 1. The number of amides is 3. The first-order chi connectivity index (χ1) is 14.6. The van der Waals surface area contributed by atoms with Crippen LogP contribution in [0.25, 0.3) is 6.08 Å². The monoisotopic (exact) mass is 404 g/mol. The van der Waals surface area contributed by atoms with Crippen molar-refractivity contribution < 1.29 is 28.8 Å². The van der Waals surface area contributed by atoms with Crippen molar-refractivity contribution in [3.63, 3.8) is 0 Å². The summed E-state index contributed by atoms with van der Waals surface area (Å²) in [5.74, 6) is -1.73. The van der Waals surface area contributed by atoms with Crippen LogP contribution in [-0.2, 0) is 14.4 Å². The second-order valence-corrected chi connectivity index (χ2v) is 7.92. The Kier molecular flexibility index (Phi) is 3.41. The molecule has 0 radical (unpaired) electrons. The third-order valence-corrected chi connectivity index (χ3v) is 6.54. The molecule has 5 atom stereocenters. The molecule has 0 spiro atoms. The van der Waals surface area contributed by atoms with Gasteiger partial charge in [0.2, 0.25) is 18.6 Å². The summed E-state index contributed by atoms with van der Waals surface area (Å²) in [5.41, 5.74) is 8.07. The van der Waals surface area contributed by atoms with Gasteiger partial charge in [0.25, 0.3) is 5.91 Å². The van der Waals surface area contributed by atoms with Gasteiger partial charge in [0.15, 0.2) is 17.5 Å². The van der Waals surface area contributed by atoms with Gasteiger partial charge in [-0.3, -0.25) is 19.3 Å². The van der Waals surface area contributed by atoms with E-state index in [2.05, 4.69) is 0 Å². The van der Waals surface area contributed by atoms with Crippen LogP contribution in [0.4, 0.5) is 5.69 Å². The summed E-state index contributed by atoms with van der Waals surface area (Å²) < 4.78 is 10.7. The molecule has 2 saturated heterocycles. The van der Waals surface area contributed by atoms with E-state index in [-0.39, 0.29) is 18.7 Å². The lowest BCUT2D eigenvalue weighted by Gasteiger charge is -2.30. The lowest BCUT2D eigenvalue weighted by atomic mass is 9.84. The normalized spacial score (nSPS) is 30.3. The molecule has 2 aromatic carbocycles. The van der Waals surface area contributed by atoms with E-state index in [1.165, 1.54) is 4.90 Å². The predicted molar refractivity (Wildman–Crippen MR) is 104 cm³/mol. The zero-order chi connectivity index (χ0) is 20.6. The molecule has 30 heavy (non-hydrogen) atoms. The first-order valence-corrected chi connectivity index (χ1v) is 9.77. The fraction of sp³-hybridized carbons (Fsp3) is 0.227. The van der Waals surface area contributed by atoms with Crippen LogP contribution in [0.1, 0.15) is 17.2 Å². The Bertz CT molecular complexity index is 1160. The molecule has 2 aromatic rings. The smallest absolute Gasteiger partial charge is 0.277 e. The topological polar surface area (TPSA) is 103 Å². The molecule has 150 valence electrons. The Morgan fingerprint density at radius 1 is 1.03 bits per heavy atom. The van der Waals surface area contributed by atoms with Crippen LogP contribution in [0.2, 0.25) is 0 Å². The zero-order valence-electron chi connectivity index (χ0n) is 15.8. The Morgan fingerprint density at radius 2 is 1.80 bits per heavy atom. The number of primary amides is 1. The third-order valence-electron chi connectivity index (χ3n) is 6.54. The van der Waals surface area contributed by atoms with Crippen LogP contribution >= 0.6 is 0 Å². The highest BCUT2D eigenvalue weighted by Gasteiger charge is 2.68. The van der Waals surface area contributed by atoms with Crippen LogP contribution in [0.5, 0.6) is 11.5 Å². The fourth-order valence-electron chi connectivity index (χ4n) is 5.35. The molecule has 0 aromatic heterocycles. The third kappa shape index (κ3) is 2.11. The Hall–Kier alpha value is -3.65. The highest BCUT2D eigenvalue weighted by atomic mass is 16.7. The summed E-state index contributed by atoms with van der Waals surface area (Å²) in [6, 6.07) is 11.5. The van der Waals surface area contributed by atoms with E-state index in [4.69, 9.17) is 15.2 Å². The Morgan fingerprint density at radius 3 is 2.63 bits per heavy atom. The van der Waals surface area contributed by atoms with Gasteiger partial charge in [-0.2, -0.15) is 0 Å². The number of carbonyl (C=O) groups excluding carboxylic acids is 3. The van der Waals surface area contributed by atoms with Crippen LogP contribution in [0.15, 0.2) is 48.7 Å². The number of anilines is 1. The largest absolute Gasteiger partial charge is 0.454 e. The molecule has 8 heteroatoms. The van der Waals surface area contributed by atoms with Gasteiger partial charge in [0.1, 0.15) is 17.9 Å². The molecule has 6 rings (SSSR count). The summed E-state index contributed by atoms with van der Waals surface area (Å²) in [6.45, 7) is 0.0964. The molecule has 1 unspecified atom stereocenters. The summed E-state index contributed by atoms with van der Waals surface area (Å²) in [4.78, 5) is 41.4. The van der Waals surface area contributed by atoms with E-state index >= 15 is 0 Å². The summed E-state index contributed by atoms with van der Waals surface area (Å²) in [5, 5.41) is 0. The van der Waals surface area contributed by atoms with Gasteiger partial charge in [-0.1, -0.05) is 24.3 Å². The highest BCUT2D eigenvalue weighted by molar-refractivity contribution is 6.23. The zero-order valence-corrected chi connectivity index (χ0v) is 15.8. The summed E-state index contributed by atoms with van der Waals surface area (Å²) in [6.07, 6.45) is 3.77. The molecular weight excluding hydrogens is 386 g/mol. The lowest BCUT2D eigenvalue weighted by Crippen LogP contribution is -3.12. The minimum Gasteiger partial charge on any atom is -0.454 e. The Labute approximate surface area is 171 Å². The van der Waals surface area contributed by atoms with Crippen molar-refractivity contribution in [2.45, 2.75) is 12.1 Å². The van der Waals surface area contributed by atoms with Crippen LogP contribution in [-0.4, -0.2) is 30.6 Å². The second kappa shape index (κ2) is 5.93. The maximum Gasteiger partial charge on any atom is 0.277 e. The second-order valence-electron chi connectivity index (χ2n) is 7.92. The maximum absolute atomic E-state index is 13.6. The van der Waals surface area contributed by atoms with Gasteiger partial charge in [-0.15, -0.1) is 0 Å². The summed E-state index contributed by atoms with van der Waals surface area (Å²) in [7, 11) is 0. The molecule has 0 bridgehead atoms. The number of carbonyl (C=O) groups is 3.